The number of nitrogens with one attached hydrogen (secondary N) is 2. The molecule has 3 saturated carbocycles. The van der Waals surface area contributed by atoms with Gasteiger partial charge in [-0.25, -0.2) is 18.7 Å². The monoisotopic (exact) mass is 519 g/mol. The van der Waals surface area contributed by atoms with Gasteiger partial charge in [-0.3, -0.25) is 14.9 Å². The van der Waals surface area contributed by atoms with Gasteiger partial charge in [0.2, 0.25) is 0 Å². The summed E-state index contributed by atoms with van der Waals surface area (Å²) in [6, 6.07) is 9.19. The van der Waals surface area contributed by atoms with Gasteiger partial charge < -0.3 is 15.4 Å². The van der Waals surface area contributed by atoms with E-state index in [2.05, 4.69) is 20.3 Å². The van der Waals surface area contributed by atoms with E-state index in [0.717, 1.165) is 31.7 Å². The molecule has 2 atom stereocenters. The highest BCUT2D eigenvalue weighted by Gasteiger charge is 2.47. The molecule has 9 nitrogen and oxygen atoms in total. The lowest BCUT2D eigenvalue weighted by atomic mass is 9.61. The maximum Gasteiger partial charge on any atom is 0.308 e. The fourth-order valence-electron chi connectivity index (χ4n) is 6.09. The predicted octanol–water partition coefficient (Wildman–Crippen LogP) is 5.78. The van der Waals surface area contributed by atoms with Crippen LogP contribution in [0.15, 0.2) is 48.7 Å². The van der Waals surface area contributed by atoms with Crippen molar-refractivity contribution in [3.63, 3.8) is 0 Å². The summed E-state index contributed by atoms with van der Waals surface area (Å²) in [6.07, 6.45) is 5.07. The van der Waals surface area contributed by atoms with Crippen LogP contribution < -0.4 is 5.32 Å². The van der Waals surface area contributed by atoms with Gasteiger partial charge in [0.15, 0.2) is 5.82 Å². The number of aliphatic carboxylic acids is 1. The molecule has 0 radical (unpaired) electrons. The number of H-pyrrole nitrogens is 1. The van der Waals surface area contributed by atoms with Crippen LogP contribution in [0.1, 0.15) is 25.7 Å². The van der Waals surface area contributed by atoms with Crippen LogP contribution in [-0.2, 0) is 4.79 Å². The van der Waals surface area contributed by atoms with Gasteiger partial charge in [-0.15, -0.1) is 0 Å². The zero-order chi connectivity index (χ0) is 26.6. The number of aromatic nitrogens is 3. The van der Waals surface area contributed by atoms with E-state index in [1.165, 1.54) is 24.4 Å². The standard InChI is InChI=1S/C27H23F2N5O4/c28-16-9-18-19(12-30-25(18)20(29)10-16)26-31-21(15-2-1-3-17(8-15)34(37)38)11-22(33-26)32-24-14-6-4-13(5-7-14)23(24)27(35)36/h1-3,8-14,23-24,30H,4-7H2,(H,35,36)(H,31,32,33)/t13?,14?,23-,24-/m0/s1. The Labute approximate surface area is 215 Å². The van der Waals surface area contributed by atoms with Crippen molar-refractivity contribution < 1.29 is 23.6 Å². The molecule has 194 valence electrons. The molecule has 2 bridgehead atoms. The number of nitro groups is 1. The minimum Gasteiger partial charge on any atom is -0.481 e. The SMILES string of the molecule is O=C(O)[C@H]1C2CCC(CC2)[C@@H]1Nc1cc(-c2cccc([N+](=O)[O-])c2)nc(-c2c[nH]c3c(F)cc(F)cc23)n1. The Morgan fingerprint density at radius 3 is 2.58 bits per heavy atom. The van der Waals surface area contributed by atoms with Crippen LogP contribution >= 0.6 is 0 Å². The number of carbonyl (C=O) groups is 1. The predicted molar refractivity (Wildman–Crippen MR) is 135 cm³/mol. The highest BCUT2D eigenvalue weighted by atomic mass is 19.1. The summed E-state index contributed by atoms with van der Waals surface area (Å²) in [5, 5.41) is 24.9. The minimum atomic E-state index is -0.854. The lowest BCUT2D eigenvalue weighted by Crippen LogP contribution is -2.51. The Bertz CT molecular complexity index is 1580. The number of rotatable bonds is 6. The van der Waals surface area contributed by atoms with Gasteiger partial charge in [-0.05, 0) is 43.6 Å². The van der Waals surface area contributed by atoms with E-state index in [4.69, 9.17) is 0 Å². The van der Waals surface area contributed by atoms with Gasteiger partial charge >= 0.3 is 5.97 Å². The topological polar surface area (TPSA) is 134 Å². The number of halogens is 2. The first-order valence-corrected chi connectivity index (χ1v) is 12.4. The molecule has 3 N–H and O–H groups in total. The highest BCUT2D eigenvalue weighted by molar-refractivity contribution is 5.94. The smallest absolute Gasteiger partial charge is 0.308 e. The number of fused-ring (bicyclic) bond motifs is 4. The number of anilines is 1. The van der Waals surface area contributed by atoms with Crippen molar-refractivity contribution in [2.24, 2.45) is 17.8 Å². The second-order valence-electron chi connectivity index (χ2n) is 9.99. The quantitative estimate of drug-likeness (QED) is 0.217. The fourth-order valence-corrected chi connectivity index (χ4v) is 6.09. The van der Waals surface area contributed by atoms with E-state index in [1.54, 1.807) is 18.2 Å². The molecule has 0 spiro atoms. The number of hydrogen-bond donors (Lipinski definition) is 3. The summed E-state index contributed by atoms with van der Waals surface area (Å²) in [4.78, 5) is 35.1. The number of aromatic amines is 1. The molecule has 2 aromatic heterocycles. The van der Waals surface area contributed by atoms with Crippen molar-refractivity contribution in [2.45, 2.75) is 31.7 Å². The molecule has 3 aliphatic rings. The van der Waals surface area contributed by atoms with E-state index < -0.39 is 28.4 Å². The third kappa shape index (κ3) is 4.13. The largest absolute Gasteiger partial charge is 0.481 e. The van der Waals surface area contributed by atoms with Crippen LogP contribution in [0, 0.1) is 39.5 Å². The van der Waals surface area contributed by atoms with Crippen molar-refractivity contribution in [3.05, 3.63) is 70.4 Å². The Hall–Kier alpha value is -4.41. The zero-order valence-corrected chi connectivity index (χ0v) is 20.0. The molecule has 0 amide bonds. The van der Waals surface area contributed by atoms with E-state index in [0.29, 0.717) is 22.6 Å². The van der Waals surface area contributed by atoms with Crippen molar-refractivity contribution in [1.29, 1.82) is 0 Å². The third-order valence-electron chi connectivity index (χ3n) is 7.84. The molecule has 2 heterocycles. The Morgan fingerprint density at radius 1 is 1.08 bits per heavy atom. The van der Waals surface area contributed by atoms with Crippen LogP contribution in [-0.4, -0.2) is 37.0 Å². The molecule has 3 fully saturated rings. The molecule has 38 heavy (non-hydrogen) atoms. The van der Waals surface area contributed by atoms with E-state index >= 15 is 0 Å². The lowest BCUT2D eigenvalue weighted by molar-refractivity contribution is -0.384. The molecule has 11 heteroatoms. The molecule has 4 aromatic rings. The molecule has 2 aromatic carbocycles. The van der Waals surface area contributed by atoms with Gasteiger partial charge in [-0.2, -0.15) is 0 Å². The average Bonchev–Trinajstić information content (AvgIpc) is 3.33. The molecule has 0 unspecified atom stereocenters. The highest BCUT2D eigenvalue weighted by Crippen LogP contribution is 2.46. The number of nitrogens with zero attached hydrogens (tertiary/aromatic N) is 3. The van der Waals surface area contributed by atoms with Crippen LogP contribution in [0.2, 0.25) is 0 Å². The molecule has 0 saturated heterocycles. The summed E-state index contributed by atoms with van der Waals surface area (Å²) in [7, 11) is 0. The molecule has 0 aliphatic heterocycles. The van der Waals surface area contributed by atoms with Crippen molar-refractivity contribution in [2.75, 3.05) is 5.32 Å². The molecule has 7 rings (SSSR count). The first kappa shape index (κ1) is 24.0. The van der Waals surface area contributed by atoms with Crippen LogP contribution in [0.25, 0.3) is 33.5 Å². The Balaban J connectivity index is 1.49. The van der Waals surface area contributed by atoms with Gasteiger partial charge in [0, 0.05) is 53.0 Å². The van der Waals surface area contributed by atoms with E-state index in [-0.39, 0.29) is 40.3 Å². The van der Waals surface area contributed by atoms with Crippen LogP contribution in [0.3, 0.4) is 0 Å². The number of carboxylic acids is 1. The number of carboxylic acid groups (broad SMARTS) is 1. The molecule has 3 aliphatic carbocycles. The first-order valence-electron chi connectivity index (χ1n) is 12.4. The second kappa shape index (κ2) is 9.16. The summed E-state index contributed by atoms with van der Waals surface area (Å²) >= 11 is 0. The van der Waals surface area contributed by atoms with Crippen molar-refractivity contribution in [3.8, 4) is 22.6 Å². The normalized spacial score (nSPS) is 22.5. The summed E-state index contributed by atoms with van der Waals surface area (Å²) < 4.78 is 28.5. The maximum absolute atomic E-state index is 14.4. The van der Waals surface area contributed by atoms with Crippen LogP contribution in [0.5, 0.6) is 0 Å². The lowest BCUT2D eigenvalue weighted by Gasteiger charge is -2.47. The number of hydrogen-bond acceptors (Lipinski definition) is 6. The summed E-state index contributed by atoms with van der Waals surface area (Å²) in [5.74, 6) is -2.23. The van der Waals surface area contributed by atoms with Gasteiger partial charge in [-0.1, -0.05) is 12.1 Å². The van der Waals surface area contributed by atoms with Crippen molar-refractivity contribution in [1.82, 2.24) is 15.0 Å². The number of benzene rings is 2. The second-order valence-corrected chi connectivity index (χ2v) is 9.99. The summed E-state index contributed by atoms with van der Waals surface area (Å²) in [6.45, 7) is 0. The maximum atomic E-state index is 14.4. The van der Waals surface area contributed by atoms with Gasteiger partial charge in [0.05, 0.1) is 22.1 Å². The fraction of sp³-hybridized carbons (Fsp3) is 0.296. The number of non-ortho nitro benzene ring substituents is 1. The average molecular weight is 520 g/mol. The Morgan fingerprint density at radius 2 is 1.84 bits per heavy atom. The first-order chi connectivity index (χ1) is 18.3. The van der Waals surface area contributed by atoms with Gasteiger partial charge in [0.25, 0.3) is 5.69 Å². The third-order valence-corrected chi connectivity index (χ3v) is 7.84. The zero-order valence-electron chi connectivity index (χ0n) is 20.0. The van der Waals surface area contributed by atoms with Crippen molar-refractivity contribution >= 4 is 28.4 Å². The van der Waals surface area contributed by atoms with Crippen LogP contribution in [0.4, 0.5) is 20.3 Å². The summed E-state index contributed by atoms with van der Waals surface area (Å²) in [5.41, 5.74) is 1.11. The minimum absolute atomic E-state index is 0.0760. The Kier molecular flexibility index (Phi) is 5.77. The van der Waals surface area contributed by atoms with E-state index in [9.17, 15) is 28.8 Å². The molecular weight excluding hydrogens is 496 g/mol. The van der Waals surface area contributed by atoms with Gasteiger partial charge in [0.1, 0.15) is 17.5 Å². The van der Waals surface area contributed by atoms with E-state index in [1.807, 2.05) is 0 Å². The molecular formula is C27H23F2N5O4. The number of nitro benzene ring substituents is 1.